The Morgan fingerprint density at radius 2 is 2.50 bits per heavy atom. The van der Waals surface area contributed by atoms with Crippen molar-refractivity contribution in [2.45, 2.75) is 6.42 Å². The van der Waals surface area contributed by atoms with Crippen LogP contribution in [0.5, 0.6) is 0 Å². The fraction of sp³-hybridized carbons (Fsp3) is 0.286. The molecule has 0 N–H and O–H groups in total. The van der Waals surface area contributed by atoms with Gasteiger partial charge in [-0.2, -0.15) is 5.26 Å². The van der Waals surface area contributed by atoms with Gasteiger partial charge >= 0.3 is 0 Å². The summed E-state index contributed by atoms with van der Waals surface area (Å²) in [6, 6.07) is 3.68. The van der Waals surface area contributed by atoms with E-state index >= 15 is 0 Å². The maximum absolute atomic E-state index is 8.36. The molecule has 0 spiro atoms. The van der Waals surface area contributed by atoms with Crippen LogP contribution in [-0.4, -0.2) is 5.33 Å². The van der Waals surface area contributed by atoms with E-state index in [9.17, 15) is 0 Å². The molecule has 0 amide bonds. The minimum Gasteiger partial charge on any atom is -0.454 e. The molecule has 0 saturated heterocycles. The first-order valence-electron chi connectivity index (χ1n) is 2.90. The maximum Gasteiger partial charge on any atom is 0.203 e. The van der Waals surface area contributed by atoms with Crippen molar-refractivity contribution >= 4 is 15.9 Å². The van der Waals surface area contributed by atoms with E-state index in [-0.39, 0.29) is 0 Å². The fourth-order valence-electron chi connectivity index (χ4n) is 0.674. The van der Waals surface area contributed by atoms with Gasteiger partial charge in [0.1, 0.15) is 6.07 Å². The van der Waals surface area contributed by atoms with Gasteiger partial charge in [-0.3, -0.25) is 0 Å². The maximum atomic E-state index is 8.36. The van der Waals surface area contributed by atoms with Gasteiger partial charge in [0.05, 0.1) is 6.26 Å². The van der Waals surface area contributed by atoms with Gasteiger partial charge in [-0.1, -0.05) is 15.9 Å². The Morgan fingerprint density at radius 1 is 1.70 bits per heavy atom. The van der Waals surface area contributed by atoms with Crippen LogP contribution in [-0.2, 0) is 6.42 Å². The molecule has 1 rings (SSSR count). The molecular weight excluding hydrogens is 194 g/mol. The van der Waals surface area contributed by atoms with Crippen LogP contribution in [0, 0.1) is 11.3 Å². The van der Waals surface area contributed by atoms with E-state index < -0.39 is 0 Å². The highest BCUT2D eigenvalue weighted by atomic mass is 79.9. The van der Waals surface area contributed by atoms with Crippen LogP contribution in [0.25, 0.3) is 0 Å². The number of rotatable bonds is 2. The molecule has 0 aliphatic rings. The van der Waals surface area contributed by atoms with Gasteiger partial charge in [0.2, 0.25) is 5.76 Å². The van der Waals surface area contributed by atoms with Gasteiger partial charge in [0.25, 0.3) is 0 Å². The molecule has 1 heterocycles. The van der Waals surface area contributed by atoms with Crippen molar-refractivity contribution in [1.29, 1.82) is 5.26 Å². The number of halogens is 1. The first kappa shape index (κ1) is 7.36. The Bertz CT molecular complexity index is 248. The molecule has 0 aliphatic carbocycles. The summed E-state index contributed by atoms with van der Waals surface area (Å²) in [5.74, 6) is 0.385. The Labute approximate surface area is 67.6 Å². The van der Waals surface area contributed by atoms with Crippen LogP contribution >= 0.6 is 15.9 Å². The molecule has 0 radical (unpaired) electrons. The van der Waals surface area contributed by atoms with E-state index in [0.29, 0.717) is 5.76 Å². The Kier molecular flexibility index (Phi) is 2.52. The van der Waals surface area contributed by atoms with E-state index in [4.69, 9.17) is 9.68 Å². The standard InChI is InChI=1S/C7H6BrNO/c8-2-1-6-3-7(4-9)10-5-6/h3,5H,1-2H2. The molecule has 10 heavy (non-hydrogen) atoms. The van der Waals surface area contributed by atoms with E-state index in [2.05, 4.69) is 15.9 Å². The van der Waals surface area contributed by atoms with Gasteiger partial charge in [-0.05, 0) is 18.1 Å². The van der Waals surface area contributed by atoms with Crippen LogP contribution in [0.1, 0.15) is 11.3 Å². The molecule has 0 aromatic carbocycles. The summed E-state index contributed by atoms with van der Waals surface area (Å²) in [7, 11) is 0. The molecule has 0 atom stereocenters. The van der Waals surface area contributed by atoms with Crippen LogP contribution in [0.15, 0.2) is 16.7 Å². The molecule has 1 aromatic heterocycles. The molecule has 52 valence electrons. The number of alkyl halides is 1. The molecule has 0 aliphatic heterocycles. The number of nitrogens with zero attached hydrogens (tertiary/aromatic N) is 1. The van der Waals surface area contributed by atoms with Gasteiger partial charge < -0.3 is 4.42 Å². The highest BCUT2D eigenvalue weighted by Crippen LogP contribution is 2.07. The summed E-state index contributed by atoms with van der Waals surface area (Å²) in [5.41, 5.74) is 1.06. The average molecular weight is 200 g/mol. The molecule has 0 saturated carbocycles. The number of furan rings is 1. The molecule has 2 nitrogen and oxygen atoms in total. The van der Waals surface area contributed by atoms with Gasteiger partial charge in [-0.15, -0.1) is 0 Å². The Balaban J connectivity index is 2.71. The SMILES string of the molecule is N#Cc1cc(CCBr)co1. The van der Waals surface area contributed by atoms with Crippen molar-refractivity contribution in [3.63, 3.8) is 0 Å². The highest BCUT2D eigenvalue weighted by molar-refractivity contribution is 9.09. The zero-order valence-corrected chi connectivity index (χ0v) is 6.89. The van der Waals surface area contributed by atoms with Gasteiger partial charge in [0.15, 0.2) is 0 Å². The quantitative estimate of drug-likeness (QED) is 0.685. The number of aryl methyl sites for hydroxylation is 1. The van der Waals surface area contributed by atoms with Crippen molar-refractivity contribution in [1.82, 2.24) is 0 Å². The lowest BCUT2D eigenvalue weighted by molar-refractivity contribution is 0.550. The summed E-state index contributed by atoms with van der Waals surface area (Å²) in [5, 5.41) is 9.26. The van der Waals surface area contributed by atoms with E-state index in [1.165, 1.54) is 0 Å². The second-order valence-electron chi connectivity index (χ2n) is 1.87. The Hall–Kier alpha value is -0.750. The number of nitriles is 1. The average Bonchev–Trinajstić information content (AvgIpc) is 2.37. The van der Waals surface area contributed by atoms with Gasteiger partial charge in [-0.25, -0.2) is 0 Å². The van der Waals surface area contributed by atoms with E-state index in [1.54, 1.807) is 12.3 Å². The molecule has 3 heteroatoms. The number of hydrogen-bond donors (Lipinski definition) is 0. The predicted octanol–water partition coefficient (Wildman–Crippen LogP) is 2.09. The smallest absolute Gasteiger partial charge is 0.203 e. The van der Waals surface area contributed by atoms with Crippen molar-refractivity contribution in [2.75, 3.05) is 5.33 Å². The van der Waals surface area contributed by atoms with Crippen molar-refractivity contribution in [3.8, 4) is 6.07 Å². The third-order valence-electron chi connectivity index (χ3n) is 1.15. The second-order valence-corrected chi connectivity index (χ2v) is 2.66. The zero-order valence-electron chi connectivity index (χ0n) is 5.30. The lowest BCUT2D eigenvalue weighted by atomic mass is 10.2. The fourth-order valence-corrected chi connectivity index (χ4v) is 1.13. The second kappa shape index (κ2) is 3.43. The molecule has 0 bridgehead atoms. The van der Waals surface area contributed by atoms with Crippen LogP contribution < -0.4 is 0 Å². The summed E-state index contributed by atoms with van der Waals surface area (Å²) < 4.78 is 4.88. The molecular formula is C7H6BrNO. The minimum atomic E-state index is 0.385. The van der Waals surface area contributed by atoms with Crippen LogP contribution in [0.2, 0.25) is 0 Å². The zero-order chi connectivity index (χ0) is 7.40. The molecule has 1 aromatic rings. The summed E-state index contributed by atoms with van der Waals surface area (Å²) in [6.07, 6.45) is 2.52. The monoisotopic (exact) mass is 199 g/mol. The largest absolute Gasteiger partial charge is 0.454 e. The minimum absolute atomic E-state index is 0.385. The number of hydrogen-bond acceptors (Lipinski definition) is 2. The van der Waals surface area contributed by atoms with Crippen LogP contribution in [0.3, 0.4) is 0 Å². The normalized spacial score (nSPS) is 9.20. The van der Waals surface area contributed by atoms with Crippen molar-refractivity contribution < 1.29 is 4.42 Å². The Morgan fingerprint density at radius 3 is 3.00 bits per heavy atom. The summed E-state index contributed by atoms with van der Waals surface area (Å²) >= 11 is 3.29. The lowest BCUT2D eigenvalue weighted by Crippen LogP contribution is -1.78. The third-order valence-corrected chi connectivity index (χ3v) is 1.54. The topological polar surface area (TPSA) is 36.9 Å². The van der Waals surface area contributed by atoms with Crippen LogP contribution in [0.4, 0.5) is 0 Å². The predicted molar refractivity (Wildman–Crippen MR) is 40.9 cm³/mol. The summed E-state index contributed by atoms with van der Waals surface area (Å²) in [4.78, 5) is 0. The van der Waals surface area contributed by atoms with Crippen molar-refractivity contribution in [2.24, 2.45) is 0 Å². The summed E-state index contributed by atoms with van der Waals surface area (Å²) in [6.45, 7) is 0. The molecule has 0 fully saturated rings. The first-order valence-corrected chi connectivity index (χ1v) is 4.02. The third kappa shape index (κ3) is 1.61. The first-order chi connectivity index (χ1) is 4.86. The lowest BCUT2D eigenvalue weighted by Gasteiger charge is -1.83. The van der Waals surface area contributed by atoms with E-state index in [0.717, 1.165) is 17.3 Å². The molecule has 0 unspecified atom stereocenters. The van der Waals surface area contributed by atoms with Crippen molar-refractivity contribution in [3.05, 3.63) is 23.7 Å². The van der Waals surface area contributed by atoms with Gasteiger partial charge in [0, 0.05) is 5.33 Å². The van der Waals surface area contributed by atoms with E-state index in [1.807, 2.05) is 6.07 Å². The highest BCUT2D eigenvalue weighted by Gasteiger charge is 1.97.